The molecule has 3 rings (SSSR count). The Morgan fingerprint density at radius 3 is 3.06 bits per heavy atom. The van der Waals surface area contributed by atoms with Crippen LogP contribution >= 0.6 is 15.9 Å². The van der Waals surface area contributed by atoms with E-state index in [4.69, 9.17) is 4.98 Å². The Labute approximate surface area is 112 Å². The summed E-state index contributed by atoms with van der Waals surface area (Å²) < 4.78 is 0. The molecule has 0 aliphatic heterocycles. The van der Waals surface area contributed by atoms with Gasteiger partial charge in [-0.2, -0.15) is 0 Å². The summed E-state index contributed by atoms with van der Waals surface area (Å²) in [6.45, 7) is 2.47. The summed E-state index contributed by atoms with van der Waals surface area (Å²) in [6, 6.07) is 4.36. The molecule has 1 fully saturated rings. The summed E-state index contributed by atoms with van der Waals surface area (Å²) in [5, 5.41) is 0. The number of nitrogens with zero attached hydrogens (tertiary/aromatic N) is 1. The van der Waals surface area contributed by atoms with Gasteiger partial charge < -0.3 is 0 Å². The quantitative estimate of drug-likeness (QED) is 0.697. The first-order valence-corrected chi connectivity index (χ1v) is 7.68. The standard InChI is InChI=1S/C15H20BrN/c1-15(8-7-12(16)10-15)13-6-2-4-11-5-3-9-17-14(11)13/h3,5,9,12-13H,2,4,6-8,10H2,1H3. The van der Waals surface area contributed by atoms with Crippen LogP contribution in [0.4, 0.5) is 0 Å². The molecule has 17 heavy (non-hydrogen) atoms. The molecule has 1 heterocycles. The van der Waals surface area contributed by atoms with E-state index in [0.717, 1.165) is 4.83 Å². The molecule has 1 aromatic rings. The van der Waals surface area contributed by atoms with Crippen LogP contribution in [0.5, 0.6) is 0 Å². The van der Waals surface area contributed by atoms with Gasteiger partial charge in [0.1, 0.15) is 0 Å². The average Bonchev–Trinajstić information content (AvgIpc) is 2.70. The van der Waals surface area contributed by atoms with Crippen LogP contribution < -0.4 is 0 Å². The van der Waals surface area contributed by atoms with Crippen LogP contribution in [0.3, 0.4) is 0 Å². The highest BCUT2D eigenvalue weighted by atomic mass is 79.9. The SMILES string of the molecule is CC1(C2CCCc3cccnc32)CCC(Br)C1. The number of rotatable bonds is 1. The number of aryl methyl sites for hydroxylation is 1. The second kappa shape index (κ2) is 4.38. The number of alkyl halides is 1. The van der Waals surface area contributed by atoms with Crippen molar-refractivity contribution < 1.29 is 0 Å². The predicted molar refractivity (Wildman–Crippen MR) is 74.6 cm³/mol. The van der Waals surface area contributed by atoms with Crippen LogP contribution in [0.15, 0.2) is 18.3 Å². The molecule has 1 nitrogen and oxygen atoms in total. The maximum atomic E-state index is 4.70. The largest absolute Gasteiger partial charge is 0.261 e. The van der Waals surface area contributed by atoms with Gasteiger partial charge in [0, 0.05) is 22.6 Å². The van der Waals surface area contributed by atoms with E-state index in [-0.39, 0.29) is 0 Å². The van der Waals surface area contributed by atoms with Crippen molar-refractivity contribution in [2.45, 2.75) is 56.2 Å². The molecule has 0 N–H and O–H groups in total. The number of aromatic nitrogens is 1. The molecule has 2 aliphatic carbocycles. The molecule has 1 saturated carbocycles. The lowest BCUT2D eigenvalue weighted by molar-refractivity contribution is 0.234. The van der Waals surface area contributed by atoms with Gasteiger partial charge in [-0.15, -0.1) is 0 Å². The van der Waals surface area contributed by atoms with E-state index in [1.807, 2.05) is 6.20 Å². The summed E-state index contributed by atoms with van der Waals surface area (Å²) in [5.41, 5.74) is 3.38. The lowest BCUT2D eigenvalue weighted by Crippen LogP contribution is -2.27. The summed E-state index contributed by atoms with van der Waals surface area (Å²) >= 11 is 3.80. The Morgan fingerprint density at radius 1 is 1.41 bits per heavy atom. The smallest absolute Gasteiger partial charge is 0.0471 e. The van der Waals surface area contributed by atoms with Crippen LogP contribution in [0.1, 0.15) is 56.2 Å². The highest BCUT2D eigenvalue weighted by molar-refractivity contribution is 9.09. The third kappa shape index (κ3) is 2.05. The number of fused-ring (bicyclic) bond motifs is 1. The monoisotopic (exact) mass is 293 g/mol. The van der Waals surface area contributed by atoms with E-state index in [9.17, 15) is 0 Å². The van der Waals surface area contributed by atoms with E-state index in [1.54, 1.807) is 0 Å². The highest BCUT2D eigenvalue weighted by Crippen LogP contribution is 2.53. The topological polar surface area (TPSA) is 12.9 Å². The zero-order chi connectivity index (χ0) is 11.9. The summed E-state index contributed by atoms with van der Waals surface area (Å²) in [5.74, 6) is 0.690. The van der Waals surface area contributed by atoms with Crippen LogP contribution in [-0.2, 0) is 6.42 Å². The number of pyridine rings is 1. The lowest BCUT2D eigenvalue weighted by atomic mass is 9.68. The third-order valence-corrected chi connectivity index (χ3v) is 5.53. The van der Waals surface area contributed by atoms with E-state index in [0.29, 0.717) is 11.3 Å². The zero-order valence-electron chi connectivity index (χ0n) is 10.5. The highest BCUT2D eigenvalue weighted by Gasteiger charge is 2.43. The fraction of sp³-hybridized carbons (Fsp3) is 0.667. The van der Waals surface area contributed by atoms with Gasteiger partial charge in [0.25, 0.3) is 0 Å². The minimum atomic E-state index is 0.470. The third-order valence-electron chi connectivity index (χ3n) is 4.75. The van der Waals surface area contributed by atoms with Crippen molar-refractivity contribution in [2.24, 2.45) is 5.41 Å². The normalized spacial score (nSPS) is 36.8. The molecule has 0 spiro atoms. The number of hydrogen-bond donors (Lipinski definition) is 0. The van der Waals surface area contributed by atoms with Crippen LogP contribution in [0, 0.1) is 5.41 Å². The predicted octanol–water partition coefficient (Wildman–Crippen LogP) is 4.46. The maximum Gasteiger partial charge on any atom is 0.0471 e. The Bertz CT molecular complexity index is 417. The molecule has 0 radical (unpaired) electrons. The minimum Gasteiger partial charge on any atom is -0.261 e. The van der Waals surface area contributed by atoms with Crippen molar-refractivity contribution in [2.75, 3.05) is 0 Å². The molecule has 3 unspecified atom stereocenters. The number of hydrogen-bond acceptors (Lipinski definition) is 1. The fourth-order valence-corrected chi connectivity index (χ4v) is 4.77. The van der Waals surface area contributed by atoms with Gasteiger partial charge >= 0.3 is 0 Å². The van der Waals surface area contributed by atoms with Gasteiger partial charge in [-0.1, -0.05) is 28.9 Å². The fourth-order valence-electron chi connectivity index (χ4n) is 3.80. The summed E-state index contributed by atoms with van der Waals surface area (Å²) in [6.07, 6.45) is 9.87. The van der Waals surface area contributed by atoms with Crippen molar-refractivity contribution in [1.29, 1.82) is 0 Å². The molecule has 0 bridgehead atoms. The van der Waals surface area contributed by atoms with Gasteiger partial charge in [0.2, 0.25) is 0 Å². The van der Waals surface area contributed by atoms with Crippen molar-refractivity contribution in [1.82, 2.24) is 4.98 Å². The molecule has 0 saturated heterocycles. The second-order valence-electron chi connectivity index (χ2n) is 5.99. The van der Waals surface area contributed by atoms with Crippen molar-refractivity contribution in [3.63, 3.8) is 0 Å². The van der Waals surface area contributed by atoms with Gasteiger partial charge in [-0.25, -0.2) is 0 Å². The molecule has 3 atom stereocenters. The van der Waals surface area contributed by atoms with E-state index in [1.165, 1.54) is 49.8 Å². The van der Waals surface area contributed by atoms with E-state index >= 15 is 0 Å². The first-order valence-electron chi connectivity index (χ1n) is 6.77. The van der Waals surface area contributed by atoms with Gasteiger partial charge in [0.15, 0.2) is 0 Å². The first-order chi connectivity index (χ1) is 8.19. The minimum absolute atomic E-state index is 0.470. The van der Waals surface area contributed by atoms with Gasteiger partial charge in [0.05, 0.1) is 0 Å². The average molecular weight is 294 g/mol. The Kier molecular flexibility index (Phi) is 3.02. The van der Waals surface area contributed by atoms with E-state index in [2.05, 4.69) is 35.0 Å². The molecule has 2 aliphatic rings. The lowest BCUT2D eigenvalue weighted by Gasteiger charge is -2.37. The van der Waals surface area contributed by atoms with Gasteiger partial charge in [-0.05, 0) is 55.6 Å². The van der Waals surface area contributed by atoms with Gasteiger partial charge in [-0.3, -0.25) is 4.98 Å². The van der Waals surface area contributed by atoms with E-state index < -0.39 is 0 Å². The van der Waals surface area contributed by atoms with Crippen molar-refractivity contribution in [3.05, 3.63) is 29.6 Å². The Morgan fingerprint density at radius 2 is 2.29 bits per heavy atom. The van der Waals surface area contributed by atoms with Crippen molar-refractivity contribution >= 4 is 15.9 Å². The van der Waals surface area contributed by atoms with Crippen LogP contribution in [0.25, 0.3) is 0 Å². The molecular weight excluding hydrogens is 274 g/mol. The maximum absolute atomic E-state index is 4.70. The molecule has 1 aromatic heterocycles. The summed E-state index contributed by atoms with van der Waals surface area (Å²) in [7, 11) is 0. The zero-order valence-corrected chi connectivity index (χ0v) is 12.0. The number of halogens is 1. The first kappa shape index (κ1) is 11.7. The van der Waals surface area contributed by atoms with Crippen molar-refractivity contribution in [3.8, 4) is 0 Å². The molecule has 2 heteroatoms. The summed E-state index contributed by atoms with van der Waals surface area (Å²) in [4.78, 5) is 5.42. The second-order valence-corrected chi connectivity index (χ2v) is 7.28. The van der Waals surface area contributed by atoms with Crippen LogP contribution in [-0.4, -0.2) is 9.81 Å². The molecule has 0 aromatic carbocycles. The molecular formula is C15H20BrN. The Balaban J connectivity index is 1.95. The van der Waals surface area contributed by atoms with Crippen LogP contribution in [0.2, 0.25) is 0 Å². The molecule has 0 amide bonds. The Hall–Kier alpha value is -0.370. The molecule has 92 valence electrons.